The third-order valence-corrected chi connectivity index (χ3v) is 4.99. The summed E-state index contributed by atoms with van der Waals surface area (Å²) in [6.07, 6.45) is 0.0471. The fraction of sp³-hybridized carbons (Fsp3) is 0.0833. The van der Waals surface area contributed by atoms with Gasteiger partial charge in [-0.3, -0.25) is 4.79 Å². The first kappa shape index (κ1) is 16.4. The number of carbonyl (C=O) groups is 1. The summed E-state index contributed by atoms with van der Waals surface area (Å²) in [6.45, 7) is 0. The van der Waals surface area contributed by atoms with E-state index in [2.05, 4.69) is 4.72 Å². The van der Waals surface area contributed by atoms with E-state index >= 15 is 0 Å². The van der Waals surface area contributed by atoms with Gasteiger partial charge in [-0.05, 0) is 17.0 Å². The molecule has 0 atom stereocenters. The largest absolute Gasteiger partial charge is 0.274 e. The Hall–Kier alpha value is -0.660. The van der Waals surface area contributed by atoms with Crippen LogP contribution >= 0.6 is 11.3 Å². The standard InChI is InChI=1S/C12H11NO3S2.Na/c14-11(9-10-5-2-1-3-6-10)13-18(15,16)12-7-4-8-17-12;/h1-8H,9H2,(H,13,14);. The molecule has 2 aromatic rings. The summed E-state index contributed by atoms with van der Waals surface area (Å²) in [5.41, 5.74) is 0.774. The van der Waals surface area contributed by atoms with E-state index in [-0.39, 0.29) is 40.2 Å². The van der Waals surface area contributed by atoms with Gasteiger partial charge in [-0.1, -0.05) is 36.4 Å². The van der Waals surface area contributed by atoms with Crippen molar-refractivity contribution in [3.63, 3.8) is 0 Å². The zero-order valence-electron chi connectivity index (χ0n) is 10.4. The molecule has 0 aliphatic rings. The van der Waals surface area contributed by atoms with Crippen molar-refractivity contribution in [1.29, 1.82) is 0 Å². The molecule has 95 valence electrons. The second-order valence-electron chi connectivity index (χ2n) is 3.62. The van der Waals surface area contributed by atoms with Crippen LogP contribution in [-0.4, -0.2) is 43.9 Å². The minimum absolute atomic E-state index is 0. The van der Waals surface area contributed by atoms with Crippen LogP contribution in [0.1, 0.15) is 5.56 Å². The summed E-state index contributed by atoms with van der Waals surface area (Å²) in [5.74, 6) is -0.533. The number of carbonyl (C=O) groups excluding carboxylic acids is 1. The summed E-state index contributed by atoms with van der Waals surface area (Å²) < 4.78 is 25.7. The van der Waals surface area contributed by atoms with E-state index in [4.69, 9.17) is 0 Å². The Morgan fingerprint density at radius 1 is 1.11 bits per heavy atom. The number of thiophene rings is 1. The molecule has 2 rings (SSSR count). The van der Waals surface area contributed by atoms with Crippen LogP contribution in [0.3, 0.4) is 0 Å². The van der Waals surface area contributed by atoms with E-state index in [1.807, 2.05) is 6.07 Å². The fourth-order valence-electron chi connectivity index (χ4n) is 1.43. The van der Waals surface area contributed by atoms with E-state index in [1.165, 1.54) is 6.07 Å². The molecule has 1 aromatic carbocycles. The second-order valence-corrected chi connectivity index (χ2v) is 6.48. The number of rotatable bonds is 4. The van der Waals surface area contributed by atoms with Gasteiger partial charge in [-0.15, -0.1) is 11.3 Å². The monoisotopic (exact) mass is 304 g/mol. The molecule has 19 heavy (non-hydrogen) atoms. The number of nitrogens with one attached hydrogen (secondary N) is 1. The summed E-state index contributed by atoms with van der Waals surface area (Å²) >= 11 is 1.08. The van der Waals surface area contributed by atoms with E-state index < -0.39 is 15.9 Å². The predicted molar refractivity (Wildman–Crippen MR) is 75.5 cm³/mol. The Morgan fingerprint density at radius 3 is 2.37 bits per heavy atom. The Morgan fingerprint density at radius 2 is 1.79 bits per heavy atom. The van der Waals surface area contributed by atoms with Crippen molar-refractivity contribution in [3.8, 4) is 0 Å². The molecular weight excluding hydrogens is 293 g/mol. The Bertz CT molecular complexity index is 624. The number of hydrogen-bond donors (Lipinski definition) is 1. The van der Waals surface area contributed by atoms with Crippen molar-refractivity contribution >= 4 is 56.8 Å². The first-order valence-corrected chi connectivity index (χ1v) is 7.57. The topological polar surface area (TPSA) is 63.2 Å². The molecule has 7 heteroatoms. The van der Waals surface area contributed by atoms with E-state index in [0.717, 1.165) is 16.9 Å². The van der Waals surface area contributed by atoms with Gasteiger partial charge in [-0.25, -0.2) is 13.1 Å². The number of sulfonamides is 1. The molecule has 0 aliphatic heterocycles. The Labute approximate surface area is 138 Å². The van der Waals surface area contributed by atoms with Gasteiger partial charge in [0.2, 0.25) is 5.91 Å². The summed E-state index contributed by atoms with van der Waals surface area (Å²) in [5, 5.41) is 1.65. The van der Waals surface area contributed by atoms with Crippen molar-refractivity contribution in [2.24, 2.45) is 0 Å². The molecule has 0 spiro atoms. The Balaban J connectivity index is 0.00000180. The molecule has 0 unspecified atom stereocenters. The van der Waals surface area contributed by atoms with Gasteiger partial charge in [-0.2, -0.15) is 0 Å². The van der Waals surface area contributed by atoms with E-state index in [9.17, 15) is 13.2 Å². The molecule has 1 heterocycles. The number of benzene rings is 1. The molecular formula is C12H11NNaO3S2. The third kappa shape index (κ3) is 4.74. The maximum atomic E-state index is 11.8. The maximum Gasteiger partial charge on any atom is 0.273 e. The van der Waals surface area contributed by atoms with Gasteiger partial charge in [0, 0.05) is 29.6 Å². The molecule has 0 saturated carbocycles. The van der Waals surface area contributed by atoms with Crippen LogP contribution in [0.2, 0.25) is 0 Å². The van der Waals surface area contributed by atoms with Gasteiger partial charge in [0.1, 0.15) is 4.21 Å². The molecule has 0 saturated heterocycles. The van der Waals surface area contributed by atoms with Crippen molar-refractivity contribution in [2.45, 2.75) is 10.6 Å². The molecule has 0 bridgehead atoms. The van der Waals surface area contributed by atoms with Crippen molar-refractivity contribution in [2.75, 3.05) is 0 Å². The maximum absolute atomic E-state index is 11.8. The second kappa shape index (κ2) is 7.21. The average molecular weight is 304 g/mol. The molecule has 1 aromatic heterocycles. The number of amides is 1. The van der Waals surface area contributed by atoms with Gasteiger partial charge >= 0.3 is 0 Å². The van der Waals surface area contributed by atoms with Gasteiger partial charge in [0.15, 0.2) is 0 Å². The fourth-order valence-corrected chi connectivity index (χ4v) is 3.41. The Kier molecular flexibility index (Phi) is 6.22. The smallest absolute Gasteiger partial charge is 0.273 e. The summed E-state index contributed by atoms with van der Waals surface area (Å²) in [7, 11) is -3.72. The van der Waals surface area contributed by atoms with Gasteiger partial charge in [0.05, 0.1) is 6.42 Å². The minimum Gasteiger partial charge on any atom is -0.274 e. The number of hydrogen-bond acceptors (Lipinski definition) is 4. The zero-order valence-corrected chi connectivity index (χ0v) is 14.0. The first-order chi connectivity index (χ1) is 8.58. The minimum atomic E-state index is -3.72. The SMILES string of the molecule is O=C(Cc1ccccc1)NS(=O)(=O)c1cccs1.[Na]. The first-order valence-electron chi connectivity index (χ1n) is 5.21. The van der Waals surface area contributed by atoms with Crippen LogP contribution in [0.25, 0.3) is 0 Å². The summed E-state index contributed by atoms with van der Waals surface area (Å²) in [6, 6.07) is 12.1. The van der Waals surface area contributed by atoms with Crippen molar-refractivity contribution < 1.29 is 13.2 Å². The molecule has 0 aliphatic carbocycles. The van der Waals surface area contributed by atoms with Crippen LogP contribution in [0.4, 0.5) is 0 Å². The van der Waals surface area contributed by atoms with Gasteiger partial charge < -0.3 is 0 Å². The molecule has 1 N–H and O–H groups in total. The van der Waals surface area contributed by atoms with Crippen LogP contribution in [0, 0.1) is 0 Å². The normalized spacial score (nSPS) is 10.5. The van der Waals surface area contributed by atoms with Crippen molar-refractivity contribution in [3.05, 3.63) is 53.4 Å². The predicted octanol–water partition coefficient (Wildman–Crippen LogP) is 1.41. The van der Waals surface area contributed by atoms with Crippen LogP contribution in [-0.2, 0) is 21.2 Å². The molecule has 4 nitrogen and oxygen atoms in total. The molecule has 1 amide bonds. The van der Waals surface area contributed by atoms with Crippen LogP contribution in [0.5, 0.6) is 0 Å². The average Bonchev–Trinajstić information content (AvgIpc) is 2.83. The van der Waals surface area contributed by atoms with E-state index in [0.29, 0.717) is 0 Å². The van der Waals surface area contributed by atoms with Crippen LogP contribution < -0.4 is 4.72 Å². The summed E-state index contributed by atoms with van der Waals surface area (Å²) in [4.78, 5) is 11.6. The molecule has 0 fully saturated rings. The van der Waals surface area contributed by atoms with Crippen LogP contribution in [0.15, 0.2) is 52.1 Å². The molecule has 1 radical (unpaired) electrons. The zero-order chi connectivity index (χ0) is 13.0. The quantitative estimate of drug-likeness (QED) is 0.869. The third-order valence-electron chi connectivity index (χ3n) is 2.22. The van der Waals surface area contributed by atoms with Crippen molar-refractivity contribution in [1.82, 2.24) is 4.72 Å². The van der Waals surface area contributed by atoms with E-state index in [1.54, 1.807) is 35.7 Å². The van der Waals surface area contributed by atoms with Gasteiger partial charge in [0.25, 0.3) is 10.0 Å².